The minimum Gasteiger partial charge on any atom is -0.309 e. The molecule has 0 fully saturated rings. The van der Waals surface area contributed by atoms with Crippen LogP contribution in [0, 0.1) is 0 Å². The number of allylic oxidation sites excluding steroid dienone is 2. The topological polar surface area (TPSA) is 29.6 Å². The van der Waals surface area contributed by atoms with Crippen molar-refractivity contribution >= 4 is 39.1 Å². The van der Waals surface area contributed by atoms with Gasteiger partial charge < -0.3 is 4.57 Å². The summed E-state index contributed by atoms with van der Waals surface area (Å²) < 4.78 is 2.51. The number of fused-ring (bicyclic) bond motifs is 11. The van der Waals surface area contributed by atoms with Crippen LogP contribution in [0.3, 0.4) is 0 Å². The Morgan fingerprint density at radius 1 is 0.654 bits per heavy atom. The maximum absolute atomic E-state index is 5.30. The Bertz CT molecular complexity index is 2740. The fourth-order valence-electron chi connectivity index (χ4n) is 8.92. The molecule has 2 aliphatic carbocycles. The maximum atomic E-state index is 5.30. The van der Waals surface area contributed by atoms with Crippen LogP contribution in [0.4, 0.5) is 0 Å². The fraction of sp³-hybridized carbons (Fsp3) is 0.102. The van der Waals surface area contributed by atoms with Gasteiger partial charge in [0.05, 0.1) is 27.8 Å². The van der Waals surface area contributed by atoms with Crippen molar-refractivity contribution in [3.05, 3.63) is 203 Å². The molecule has 1 aromatic heterocycles. The van der Waals surface area contributed by atoms with Crippen molar-refractivity contribution in [1.82, 2.24) is 4.57 Å². The molecule has 3 heteroatoms. The molecule has 3 nitrogen and oxygen atoms in total. The van der Waals surface area contributed by atoms with Gasteiger partial charge in [-0.1, -0.05) is 146 Å². The number of nitrogens with zero attached hydrogens (tertiary/aromatic N) is 3. The van der Waals surface area contributed by atoms with Crippen LogP contribution in [0.2, 0.25) is 0 Å². The van der Waals surface area contributed by atoms with Gasteiger partial charge in [-0.05, 0) is 88.9 Å². The molecule has 6 aromatic carbocycles. The van der Waals surface area contributed by atoms with Crippen LogP contribution >= 0.6 is 0 Å². The van der Waals surface area contributed by atoms with Crippen molar-refractivity contribution in [2.45, 2.75) is 31.6 Å². The first-order valence-electron chi connectivity index (χ1n) is 18.2. The van der Waals surface area contributed by atoms with Crippen LogP contribution < -0.4 is 0 Å². The van der Waals surface area contributed by atoms with Gasteiger partial charge in [-0.15, -0.1) is 0 Å². The summed E-state index contributed by atoms with van der Waals surface area (Å²) in [5.41, 5.74) is 16.1. The Balaban J connectivity index is 1.23. The third-order valence-corrected chi connectivity index (χ3v) is 11.3. The maximum Gasteiger partial charge on any atom is 0.159 e. The Morgan fingerprint density at radius 3 is 2.27 bits per heavy atom. The van der Waals surface area contributed by atoms with Crippen LogP contribution in [-0.4, -0.2) is 16.1 Å². The molecule has 7 aromatic rings. The summed E-state index contributed by atoms with van der Waals surface area (Å²) in [4.78, 5) is 10.4. The second-order valence-corrected chi connectivity index (χ2v) is 14.2. The SMILES string of the molecule is C=C(/N=C(\N=C(/C)c1ccc2c(c1)[C@@]1(Cc3ccccc3-c3ccccc31)c1cccc3c4ccccc4n-2c13)C1=CCCC=C1)c1ccccc1. The quantitative estimate of drug-likeness (QED) is 0.132. The Labute approximate surface area is 304 Å². The third kappa shape index (κ3) is 4.52. The third-order valence-electron chi connectivity index (χ3n) is 11.3. The first-order valence-corrected chi connectivity index (χ1v) is 18.2. The predicted octanol–water partition coefficient (Wildman–Crippen LogP) is 11.8. The number of amidine groups is 1. The lowest BCUT2D eigenvalue weighted by Gasteiger charge is -2.45. The average molecular weight is 668 g/mol. The van der Waals surface area contributed by atoms with E-state index in [9.17, 15) is 0 Å². The van der Waals surface area contributed by atoms with Gasteiger partial charge in [0.2, 0.25) is 0 Å². The van der Waals surface area contributed by atoms with E-state index in [2.05, 4.69) is 145 Å². The lowest BCUT2D eigenvalue weighted by Crippen LogP contribution is -2.39. The predicted molar refractivity (Wildman–Crippen MR) is 218 cm³/mol. The number of para-hydroxylation sites is 2. The molecule has 2 heterocycles. The largest absolute Gasteiger partial charge is 0.309 e. The highest BCUT2D eigenvalue weighted by atomic mass is 15.0. The van der Waals surface area contributed by atoms with Crippen molar-refractivity contribution in [2.75, 3.05) is 0 Å². The highest BCUT2D eigenvalue weighted by molar-refractivity contribution is 6.15. The van der Waals surface area contributed by atoms with E-state index in [0.29, 0.717) is 11.5 Å². The van der Waals surface area contributed by atoms with E-state index in [1.807, 2.05) is 30.3 Å². The van der Waals surface area contributed by atoms with Gasteiger partial charge in [0, 0.05) is 22.1 Å². The molecular weight excluding hydrogens is 631 g/mol. The van der Waals surface area contributed by atoms with E-state index in [0.717, 1.165) is 41.7 Å². The average Bonchev–Trinajstić information content (AvgIpc) is 3.55. The summed E-state index contributed by atoms with van der Waals surface area (Å²) >= 11 is 0. The van der Waals surface area contributed by atoms with E-state index in [-0.39, 0.29) is 0 Å². The molecule has 1 atom stereocenters. The highest BCUT2D eigenvalue weighted by Crippen LogP contribution is 2.57. The molecule has 0 unspecified atom stereocenters. The van der Waals surface area contributed by atoms with Crippen molar-refractivity contribution in [3.8, 4) is 16.8 Å². The van der Waals surface area contributed by atoms with Crippen LogP contribution in [0.1, 0.15) is 53.1 Å². The zero-order valence-electron chi connectivity index (χ0n) is 29.2. The molecule has 0 amide bonds. The number of aromatic nitrogens is 1. The molecule has 0 radical (unpaired) electrons. The van der Waals surface area contributed by atoms with E-state index >= 15 is 0 Å². The van der Waals surface area contributed by atoms with Crippen molar-refractivity contribution < 1.29 is 0 Å². The second kappa shape index (κ2) is 11.9. The molecule has 0 saturated heterocycles. The van der Waals surface area contributed by atoms with Gasteiger partial charge in [0.15, 0.2) is 5.84 Å². The lowest BCUT2D eigenvalue weighted by molar-refractivity contribution is 0.598. The van der Waals surface area contributed by atoms with Crippen LogP contribution in [0.15, 0.2) is 180 Å². The smallest absolute Gasteiger partial charge is 0.159 e. The highest BCUT2D eigenvalue weighted by Gasteiger charge is 2.47. The Morgan fingerprint density at radius 2 is 1.40 bits per heavy atom. The molecule has 52 heavy (non-hydrogen) atoms. The summed E-state index contributed by atoms with van der Waals surface area (Å²) in [6.07, 6.45) is 9.47. The first kappa shape index (κ1) is 30.5. The first-order chi connectivity index (χ1) is 25.6. The minimum atomic E-state index is -0.409. The van der Waals surface area contributed by atoms with Crippen LogP contribution in [-0.2, 0) is 11.8 Å². The summed E-state index contributed by atoms with van der Waals surface area (Å²) in [6, 6.07) is 51.0. The fourth-order valence-corrected chi connectivity index (χ4v) is 8.92. The molecule has 0 saturated carbocycles. The summed E-state index contributed by atoms with van der Waals surface area (Å²) in [6.45, 7) is 6.46. The molecule has 248 valence electrons. The Hall–Kier alpha value is -6.32. The molecule has 10 rings (SSSR count). The zero-order valence-corrected chi connectivity index (χ0v) is 29.2. The van der Waals surface area contributed by atoms with Crippen LogP contribution in [0.5, 0.6) is 0 Å². The van der Waals surface area contributed by atoms with E-state index < -0.39 is 5.41 Å². The van der Waals surface area contributed by atoms with Gasteiger partial charge in [-0.25, -0.2) is 9.98 Å². The van der Waals surface area contributed by atoms with Gasteiger partial charge in [-0.2, -0.15) is 0 Å². The molecule has 1 aliphatic heterocycles. The molecule has 0 N–H and O–H groups in total. The van der Waals surface area contributed by atoms with E-state index in [1.165, 1.54) is 60.9 Å². The second-order valence-electron chi connectivity index (χ2n) is 14.2. The minimum absolute atomic E-state index is 0.409. The summed E-state index contributed by atoms with van der Waals surface area (Å²) in [5, 5.41) is 2.58. The van der Waals surface area contributed by atoms with E-state index in [4.69, 9.17) is 9.98 Å². The summed E-state index contributed by atoms with van der Waals surface area (Å²) in [7, 11) is 0. The normalized spacial score (nSPS) is 17.5. The number of rotatable bonds is 4. The van der Waals surface area contributed by atoms with Gasteiger partial charge in [-0.3, -0.25) is 0 Å². The molecular formula is C49H37N3. The van der Waals surface area contributed by atoms with Gasteiger partial charge in [0.1, 0.15) is 0 Å². The Kier molecular flexibility index (Phi) is 6.97. The van der Waals surface area contributed by atoms with Crippen molar-refractivity contribution in [3.63, 3.8) is 0 Å². The lowest BCUT2D eigenvalue weighted by atomic mass is 9.59. The van der Waals surface area contributed by atoms with Crippen molar-refractivity contribution in [2.24, 2.45) is 9.98 Å². The molecule has 1 spiro atoms. The number of benzene rings is 6. The number of aliphatic imine (C=N–C) groups is 2. The standard InChI is InChI=1S/C49H37N3/c1-32(34-16-5-3-6-17-34)50-48(35-18-7-4-8-19-35)51-33(2)36-28-29-46-44(30-36)49(31-37-20-9-10-21-38(37)39-22-11-13-25-42(39)49)43-26-15-24-41-40-23-12-14-27-45(40)52(46)47(41)43/h3,5-7,9-30H,1,4,8,31H2,2H3/b50-48-,51-33+/t49-/m1/s1. The molecule has 3 aliphatic rings. The monoisotopic (exact) mass is 667 g/mol. The number of hydrogen-bond donors (Lipinski definition) is 0. The van der Waals surface area contributed by atoms with Gasteiger partial charge >= 0.3 is 0 Å². The van der Waals surface area contributed by atoms with Crippen molar-refractivity contribution in [1.29, 1.82) is 0 Å². The zero-order chi connectivity index (χ0) is 34.8. The van der Waals surface area contributed by atoms with E-state index in [1.54, 1.807) is 0 Å². The number of hydrogen-bond acceptors (Lipinski definition) is 1. The molecule has 0 bridgehead atoms. The summed E-state index contributed by atoms with van der Waals surface area (Å²) in [5.74, 6) is 0.690. The van der Waals surface area contributed by atoms with Crippen LogP contribution in [0.25, 0.3) is 44.3 Å². The van der Waals surface area contributed by atoms with Gasteiger partial charge in [0.25, 0.3) is 0 Å².